The lowest BCUT2D eigenvalue weighted by molar-refractivity contribution is -0.137. The summed E-state index contributed by atoms with van der Waals surface area (Å²) in [6.45, 7) is 0. The molecule has 0 saturated heterocycles. The highest BCUT2D eigenvalue weighted by Gasteiger charge is 2.31. The quantitative estimate of drug-likeness (QED) is 0.312. The predicted molar refractivity (Wildman–Crippen MR) is 111 cm³/mol. The van der Waals surface area contributed by atoms with Gasteiger partial charge in [0.15, 0.2) is 5.82 Å². The van der Waals surface area contributed by atoms with Crippen molar-refractivity contribution in [3.8, 4) is 11.3 Å². The van der Waals surface area contributed by atoms with Crippen molar-refractivity contribution in [3.05, 3.63) is 83.7 Å². The lowest BCUT2D eigenvalue weighted by Crippen LogP contribution is -2.07. The predicted octanol–water partition coefficient (Wildman–Crippen LogP) is 5.98. The zero-order valence-electron chi connectivity index (χ0n) is 16.6. The Hall–Kier alpha value is -4.01. The normalized spacial score (nSPS) is 11.4. The monoisotopic (exact) mass is 441 g/mol. The van der Waals surface area contributed by atoms with E-state index in [0.717, 1.165) is 12.1 Å². The number of anilines is 2. The number of alkyl halides is 3. The first kappa shape index (κ1) is 21.2. The molecule has 32 heavy (non-hydrogen) atoms. The fraction of sp³-hybridized carbons (Fsp3) is 0.0870. The second-order valence-electron chi connectivity index (χ2n) is 6.86. The SMILES string of the molecule is COC(=O)c1ccc(-c2nnc(Nc3cc(F)cc(C(F)(F)F)c3)c3ccccc23)cc1. The molecular formula is C23H15F4N3O2. The van der Waals surface area contributed by atoms with Gasteiger partial charge >= 0.3 is 12.1 Å². The summed E-state index contributed by atoms with van der Waals surface area (Å²) < 4.78 is 57.5. The summed E-state index contributed by atoms with van der Waals surface area (Å²) in [7, 11) is 1.29. The molecule has 0 spiro atoms. The molecule has 0 atom stereocenters. The van der Waals surface area contributed by atoms with Crippen LogP contribution in [-0.2, 0) is 10.9 Å². The van der Waals surface area contributed by atoms with Crippen LogP contribution in [0.25, 0.3) is 22.0 Å². The largest absolute Gasteiger partial charge is 0.465 e. The number of hydrogen-bond acceptors (Lipinski definition) is 5. The van der Waals surface area contributed by atoms with Crippen LogP contribution in [0.15, 0.2) is 66.7 Å². The van der Waals surface area contributed by atoms with E-state index in [1.54, 1.807) is 48.5 Å². The van der Waals surface area contributed by atoms with Gasteiger partial charge in [-0.3, -0.25) is 0 Å². The van der Waals surface area contributed by atoms with Crippen LogP contribution in [0.2, 0.25) is 0 Å². The van der Waals surface area contributed by atoms with E-state index in [1.807, 2.05) is 0 Å². The summed E-state index contributed by atoms with van der Waals surface area (Å²) in [5.41, 5.74) is 0.348. The van der Waals surface area contributed by atoms with E-state index in [0.29, 0.717) is 33.7 Å². The number of rotatable bonds is 4. The maximum Gasteiger partial charge on any atom is 0.416 e. The van der Waals surface area contributed by atoms with E-state index in [9.17, 15) is 22.4 Å². The van der Waals surface area contributed by atoms with Gasteiger partial charge in [-0.15, -0.1) is 10.2 Å². The molecule has 0 radical (unpaired) electrons. The third-order valence-corrected chi connectivity index (χ3v) is 4.75. The van der Waals surface area contributed by atoms with Gasteiger partial charge in [0, 0.05) is 22.0 Å². The van der Waals surface area contributed by atoms with Crippen LogP contribution in [0.1, 0.15) is 15.9 Å². The molecule has 9 heteroatoms. The lowest BCUT2D eigenvalue weighted by atomic mass is 10.0. The van der Waals surface area contributed by atoms with Gasteiger partial charge in [0.25, 0.3) is 0 Å². The van der Waals surface area contributed by atoms with Gasteiger partial charge in [0.1, 0.15) is 11.5 Å². The molecule has 3 aromatic carbocycles. The Kier molecular flexibility index (Phi) is 5.48. The average molecular weight is 441 g/mol. The second kappa shape index (κ2) is 8.26. The van der Waals surface area contributed by atoms with Gasteiger partial charge in [-0.05, 0) is 30.3 Å². The van der Waals surface area contributed by atoms with E-state index < -0.39 is 23.5 Å². The van der Waals surface area contributed by atoms with Crippen molar-refractivity contribution in [2.75, 3.05) is 12.4 Å². The van der Waals surface area contributed by atoms with Crippen LogP contribution in [0.3, 0.4) is 0 Å². The zero-order chi connectivity index (χ0) is 22.9. The molecule has 0 saturated carbocycles. The highest BCUT2D eigenvalue weighted by Crippen LogP contribution is 2.34. The number of methoxy groups -OCH3 is 1. The third-order valence-electron chi connectivity index (χ3n) is 4.75. The van der Waals surface area contributed by atoms with Crippen molar-refractivity contribution in [3.63, 3.8) is 0 Å². The Labute approximate surface area is 179 Å². The van der Waals surface area contributed by atoms with Crippen molar-refractivity contribution in [1.29, 1.82) is 0 Å². The molecule has 4 rings (SSSR count). The van der Waals surface area contributed by atoms with Gasteiger partial charge in [0.2, 0.25) is 0 Å². The maximum atomic E-state index is 13.8. The summed E-state index contributed by atoms with van der Waals surface area (Å²) in [5.74, 6) is -1.32. The minimum atomic E-state index is -4.69. The van der Waals surface area contributed by atoms with E-state index in [2.05, 4.69) is 20.3 Å². The Balaban J connectivity index is 1.75. The molecule has 0 fully saturated rings. The molecular weight excluding hydrogens is 426 g/mol. The van der Waals surface area contributed by atoms with Crippen LogP contribution < -0.4 is 5.32 Å². The number of fused-ring (bicyclic) bond motifs is 1. The number of carbonyl (C=O) groups excluding carboxylic acids is 1. The summed E-state index contributed by atoms with van der Waals surface area (Å²) in [6, 6.07) is 15.8. The first-order valence-corrected chi connectivity index (χ1v) is 9.35. The summed E-state index contributed by atoms with van der Waals surface area (Å²) in [4.78, 5) is 11.6. The Morgan fingerprint density at radius 3 is 2.28 bits per heavy atom. The van der Waals surface area contributed by atoms with Gasteiger partial charge in [-0.1, -0.05) is 36.4 Å². The number of carbonyl (C=O) groups is 1. The van der Waals surface area contributed by atoms with Crippen molar-refractivity contribution in [2.45, 2.75) is 6.18 Å². The van der Waals surface area contributed by atoms with Crippen LogP contribution >= 0.6 is 0 Å². The Morgan fingerprint density at radius 2 is 1.62 bits per heavy atom. The standard InChI is InChI=1S/C23H15F4N3O2/c1-32-22(31)14-8-6-13(7-9-14)20-18-4-2-3-5-19(18)21(30-29-20)28-17-11-15(23(25,26)27)10-16(24)12-17/h2-12H,1H3,(H,28,30). The number of aromatic nitrogens is 2. The fourth-order valence-electron chi connectivity index (χ4n) is 3.25. The smallest absolute Gasteiger partial charge is 0.416 e. The van der Waals surface area contributed by atoms with Crippen LogP contribution in [-0.4, -0.2) is 23.3 Å². The Bertz CT molecular complexity index is 1310. The second-order valence-corrected chi connectivity index (χ2v) is 6.86. The van der Waals surface area contributed by atoms with Crippen LogP contribution in [0, 0.1) is 5.82 Å². The lowest BCUT2D eigenvalue weighted by Gasteiger charge is -2.13. The van der Waals surface area contributed by atoms with Gasteiger partial charge in [0.05, 0.1) is 18.2 Å². The number of nitrogens with one attached hydrogen (secondary N) is 1. The highest BCUT2D eigenvalue weighted by molar-refractivity contribution is 6.01. The van der Waals surface area contributed by atoms with Gasteiger partial charge in [-0.25, -0.2) is 9.18 Å². The fourth-order valence-corrected chi connectivity index (χ4v) is 3.25. The van der Waals surface area contributed by atoms with Crippen LogP contribution in [0.5, 0.6) is 0 Å². The molecule has 1 heterocycles. The molecule has 0 amide bonds. The minimum Gasteiger partial charge on any atom is -0.465 e. The number of esters is 1. The molecule has 0 unspecified atom stereocenters. The zero-order valence-corrected chi connectivity index (χ0v) is 16.6. The number of halogens is 4. The minimum absolute atomic E-state index is 0.105. The molecule has 4 aromatic rings. The summed E-state index contributed by atoms with van der Waals surface area (Å²) >= 11 is 0. The van der Waals surface area contributed by atoms with E-state index in [4.69, 9.17) is 0 Å². The number of hydrogen-bond donors (Lipinski definition) is 1. The van der Waals surface area contributed by atoms with Crippen molar-refractivity contribution < 1.29 is 27.1 Å². The molecule has 0 aliphatic rings. The van der Waals surface area contributed by atoms with Crippen LogP contribution in [0.4, 0.5) is 29.1 Å². The van der Waals surface area contributed by atoms with Crippen molar-refractivity contribution >= 4 is 28.2 Å². The molecule has 162 valence electrons. The topological polar surface area (TPSA) is 64.1 Å². The molecule has 1 N–H and O–H groups in total. The average Bonchev–Trinajstić information content (AvgIpc) is 2.78. The molecule has 0 aliphatic heterocycles. The molecule has 1 aromatic heterocycles. The Morgan fingerprint density at radius 1 is 0.938 bits per heavy atom. The number of nitrogens with zero attached hydrogens (tertiary/aromatic N) is 2. The first-order valence-electron chi connectivity index (χ1n) is 9.35. The number of benzene rings is 3. The maximum absolute atomic E-state index is 13.8. The summed E-state index contributed by atoms with van der Waals surface area (Å²) in [6.07, 6.45) is -4.69. The van der Waals surface area contributed by atoms with Crippen molar-refractivity contribution in [2.24, 2.45) is 0 Å². The summed E-state index contributed by atoms with van der Waals surface area (Å²) in [5, 5.41) is 12.3. The molecule has 5 nitrogen and oxygen atoms in total. The van der Waals surface area contributed by atoms with E-state index in [-0.39, 0.29) is 11.5 Å². The number of ether oxygens (including phenoxy) is 1. The van der Waals surface area contributed by atoms with Gasteiger partial charge in [-0.2, -0.15) is 13.2 Å². The van der Waals surface area contributed by atoms with E-state index >= 15 is 0 Å². The molecule has 0 aliphatic carbocycles. The van der Waals surface area contributed by atoms with Gasteiger partial charge < -0.3 is 10.1 Å². The third kappa shape index (κ3) is 4.22. The highest BCUT2D eigenvalue weighted by atomic mass is 19.4. The van der Waals surface area contributed by atoms with Crippen molar-refractivity contribution in [1.82, 2.24) is 10.2 Å². The first-order chi connectivity index (χ1) is 15.3. The molecule has 0 bridgehead atoms. The van der Waals surface area contributed by atoms with E-state index in [1.165, 1.54) is 7.11 Å².